The molecule has 1 N–H and O–H groups in total. The van der Waals surface area contributed by atoms with E-state index in [0.717, 1.165) is 38.2 Å². The van der Waals surface area contributed by atoms with Crippen molar-refractivity contribution < 1.29 is 9.90 Å². The number of carbonyl (C=O) groups is 1. The smallest absolute Gasteiger partial charge is 0.255 e. The van der Waals surface area contributed by atoms with Crippen molar-refractivity contribution in [2.24, 2.45) is 5.41 Å². The van der Waals surface area contributed by atoms with Gasteiger partial charge in [-0.25, -0.2) is 4.98 Å². The summed E-state index contributed by atoms with van der Waals surface area (Å²) in [5.41, 5.74) is 0.544. The molecule has 2 aliphatic rings. The predicted molar refractivity (Wildman–Crippen MR) is 96.7 cm³/mol. The highest BCUT2D eigenvalue weighted by molar-refractivity contribution is 5.94. The Balaban J connectivity index is 1.46. The lowest BCUT2D eigenvalue weighted by atomic mass is 9.71. The van der Waals surface area contributed by atoms with Gasteiger partial charge in [0.05, 0.1) is 17.9 Å². The quantitative estimate of drug-likeness (QED) is 0.878. The van der Waals surface area contributed by atoms with Gasteiger partial charge in [0.2, 0.25) is 0 Å². The SMILES string of the molecule is O=C(c1cccnc1)N1CC(O)CC2(CCN(c3cnccn3)CC2)C1. The molecule has 7 heteroatoms. The van der Waals surface area contributed by atoms with E-state index in [2.05, 4.69) is 19.9 Å². The normalized spacial score (nSPS) is 22.4. The second-order valence-corrected chi connectivity index (χ2v) is 7.34. The maximum Gasteiger partial charge on any atom is 0.255 e. The van der Waals surface area contributed by atoms with Crippen molar-refractivity contribution in [1.29, 1.82) is 0 Å². The molecule has 2 aromatic heterocycles. The Labute approximate surface area is 152 Å². The lowest BCUT2D eigenvalue weighted by molar-refractivity contribution is -0.0150. The van der Waals surface area contributed by atoms with Crippen LogP contribution in [-0.4, -0.2) is 63.1 Å². The van der Waals surface area contributed by atoms with Crippen molar-refractivity contribution in [2.45, 2.75) is 25.4 Å². The van der Waals surface area contributed by atoms with Crippen LogP contribution in [0.4, 0.5) is 5.82 Å². The Morgan fingerprint density at radius 1 is 1.15 bits per heavy atom. The third-order valence-corrected chi connectivity index (χ3v) is 5.52. The van der Waals surface area contributed by atoms with Crippen LogP contribution in [-0.2, 0) is 0 Å². The molecule has 1 amide bonds. The van der Waals surface area contributed by atoms with E-state index >= 15 is 0 Å². The van der Waals surface area contributed by atoms with Gasteiger partial charge < -0.3 is 14.9 Å². The first-order chi connectivity index (χ1) is 12.7. The molecule has 2 fully saturated rings. The number of rotatable bonds is 2. The molecule has 1 unspecified atom stereocenters. The number of likely N-dealkylation sites (tertiary alicyclic amines) is 1. The molecular weight excluding hydrogens is 330 g/mol. The zero-order chi connectivity index (χ0) is 18.0. The summed E-state index contributed by atoms with van der Waals surface area (Å²) in [4.78, 5) is 29.4. The lowest BCUT2D eigenvalue weighted by Gasteiger charge is -2.49. The van der Waals surface area contributed by atoms with E-state index in [-0.39, 0.29) is 11.3 Å². The number of aliphatic hydroxyl groups excluding tert-OH is 1. The maximum atomic E-state index is 12.8. The number of β-amino-alcohol motifs (C(OH)–C–C–N with tert-alkyl or cyclic N) is 1. The molecular formula is C19H23N5O2. The molecule has 2 aromatic rings. The number of piperidine rings is 2. The van der Waals surface area contributed by atoms with E-state index in [1.54, 1.807) is 48.0 Å². The molecule has 2 aliphatic heterocycles. The number of aliphatic hydroxyl groups is 1. The van der Waals surface area contributed by atoms with Crippen LogP contribution in [0, 0.1) is 5.41 Å². The van der Waals surface area contributed by atoms with E-state index in [0.29, 0.717) is 18.7 Å². The predicted octanol–water partition coefficient (Wildman–Crippen LogP) is 1.37. The van der Waals surface area contributed by atoms with Crippen molar-refractivity contribution in [2.75, 3.05) is 31.1 Å². The summed E-state index contributed by atoms with van der Waals surface area (Å²) in [5, 5.41) is 10.4. The van der Waals surface area contributed by atoms with E-state index in [1.807, 2.05) is 0 Å². The van der Waals surface area contributed by atoms with Crippen molar-refractivity contribution >= 4 is 11.7 Å². The van der Waals surface area contributed by atoms with Gasteiger partial charge in [-0.15, -0.1) is 0 Å². The number of pyridine rings is 1. The Morgan fingerprint density at radius 3 is 2.65 bits per heavy atom. The molecule has 1 spiro atoms. The fourth-order valence-electron chi connectivity index (χ4n) is 4.21. The molecule has 0 aromatic carbocycles. The molecule has 4 rings (SSSR count). The van der Waals surface area contributed by atoms with Gasteiger partial charge in [0.15, 0.2) is 0 Å². The Hall–Kier alpha value is -2.54. The standard InChI is InChI=1S/C19H23N5O2/c25-16-10-19(3-8-23(9-4-19)17-12-21-6-7-22-17)14-24(13-16)18(26)15-2-1-5-20-11-15/h1-2,5-7,11-12,16,25H,3-4,8-10,13-14H2. The van der Waals surface area contributed by atoms with Crippen LogP contribution in [0.3, 0.4) is 0 Å². The second-order valence-electron chi connectivity index (χ2n) is 7.34. The zero-order valence-corrected chi connectivity index (χ0v) is 14.7. The lowest BCUT2D eigenvalue weighted by Crippen LogP contribution is -2.55. The van der Waals surface area contributed by atoms with Crippen LogP contribution in [0.15, 0.2) is 43.1 Å². The topological polar surface area (TPSA) is 82.5 Å². The van der Waals surface area contributed by atoms with Crippen LogP contribution in [0.2, 0.25) is 0 Å². The number of anilines is 1. The van der Waals surface area contributed by atoms with Gasteiger partial charge >= 0.3 is 0 Å². The molecule has 1 atom stereocenters. The molecule has 2 saturated heterocycles. The number of hydrogen-bond donors (Lipinski definition) is 1. The number of amides is 1. The number of nitrogens with zero attached hydrogens (tertiary/aromatic N) is 5. The minimum Gasteiger partial charge on any atom is -0.391 e. The fraction of sp³-hybridized carbons (Fsp3) is 0.474. The summed E-state index contributed by atoms with van der Waals surface area (Å²) in [6.07, 6.45) is 10.5. The van der Waals surface area contributed by atoms with Crippen molar-refractivity contribution in [1.82, 2.24) is 19.9 Å². The van der Waals surface area contributed by atoms with Gasteiger partial charge in [-0.05, 0) is 36.8 Å². The molecule has 4 heterocycles. The number of hydrogen-bond acceptors (Lipinski definition) is 6. The number of carbonyl (C=O) groups excluding carboxylic acids is 1. The Morgan fingerprint density at radius 2 is 1.96 bits per heavy atom. The third kappa shape index (κ3) is 3.39. The second kappa shape index (κ2) is 6.99. The minimum atomic E-state index is -0.479. The summed E-state index contributed by atoms with van der Waals surface area (Å²) in [5.74, 6) is 0.842. The average molecular weight is 353 g/mol. The van der Waals surface area contributed by atoms with E-state index < -0.39 is 6.10 Å². The summed E-state index contributed by atoms with van der Waals surface area (Å²) in [7, 11) is 0. The molecule has 0 bridgehead atoms. The van der Waals surface area contributed by atoms with Crippen LogP contribution in [0.5, 0.6) is 0 Å². The molecule has 26 heavy (non-hydrogen) atoms. The molecule has 0 aliphatic carbocycles. The molecule has 7 nitrogen and oxygen atoms in total. The van der Waals surface area contributed by atoms with Crippen LogP contribution in [0.1, 0.15) is 29.6 Å². The van der Waals surface area contributed by atoms with Crippen LogP contribution in [0.25, 0.3) is 0 Å². The highest BCUT2D eigenvalue weighted by atomic mass is 16.3. The summed E-state index contributed by atoms with van der Waals surface area (Å²) < 4.78 is 0. The Bertz CT molecular complexity index is 747. The van der Waals surface area contributed by atoms with Gasteiger partial charge in [-0.1, -0.05) is 0 Å². The largest absolute Gasteiger partial charge is 0.391 e. The van der Waals surface area contributed by atoms with Crippen LogP contribution >= 0.6 is 0 Å². The number of aromatic nitrogens is 3. The van der Waals surface area contributed by atoms with Gasteiger partial charge in [-0.2, -0.15) is 0 Å². The highest BCUT2D eigenvalue weighted by Crippen LogP contribution is 2.40. The van der Waals surface area contributed by atoms with Crippen molar-refractivity contribution in [3.05, 3.63) is 48.7 Å². The highest BCUT2D eigenvalue weighted by Gasteiger charge is 2.43. The van der Waals surface area contributed by atoms with E-state index in [4.69, 9.17) is 0 Å². The molecule has 0 saturated carbocycles. The summed E-state index contributed by atoms with van der Waals surface area (Å²) >= 11 is 0. The maximum absolute atomic E-state index is 12.8. The average Bonchev–Trinajstić information content (AvgIpc) is 2.69. The van der Waals surface area contributed by atoms with Crippen molar-refractivity contribution in [3.63, 3.8) is 0 Å². The van der Waals surface area contributed by atoms with Gasteiger partial charge in [-0.3, -0.25) is 14.8 Å². The van der Waals surface area contributed by atoms with Gasteiger partial charge in [0.25, 0.3) is 5.91 Å². The Kier molecular flexibility index (Phi) is 4.55. The monoisotopic (exact) mass is 353 g/mol. The molecule has 136 valence electrons. The first kappa shape index (κ1) is 16.9. The fourth-order valence-corrected chi connectivity index (χ4v) is 4.21. The molecule has 0 radical (unpaired) electrons. The van der Waals surface area contributed by atoms with Crippen molar-refractivity contribution in [3.8, 4) is 0 Å². The van der Waals surface area contributed by atoms with E-state index in [9.17, 15) is 9.90 Å². The first-order valence-corrected chi connectivity index (χ1v) is 9.04. The van der Waals surface area contributed by atoms with E-state index in [1.165, 1.54) is 0 Å². The summed E-state index contributed by atoms with van der Waals surface area (Å²) in [6.45, 7) is 2.80. The first-order valence-electron chi connectivity index (χ1n) is 9.04. The zero-order valence-electron chi connectivity index (χ0n) is 14.7. The van der Waals surface area contributed by atoms with Gasteiger partial charge in [0, 0.05) is 51.0 Å². The summed E-state index contributed by atoms with van der Waals surface area (Å²) in [6, 6.07) is 3.54. The third-order valence-electron chi connectivity index (χ3n) is 5.52. The minimum absolute atomic E-state index is 0.0335. The van der Waals surface area contributed by atoms with Gasteiger partial charge in [0.1, 0.15) is 5.82 Å². The van der Waals surface area contributed by atoms with Crippen LogP contribution < -0.4 is 4.90 Å².